The Morgan fingerprint density at radius 2 is 1.26 bits per heavy atom. The minimum absolute atomic E-state index is 0. The third-order valence-corrected chi connectivity index (χ3v) is 7.90. The molecule has 0 aromatic heterocycles. The molecule has 0 saturated carbocycles. The summed E-state index contributed by atoms with van der Waals surface area (Å²) in [6.45, 7) is 5.59. The van der Waals surface area contributed by atoms with Gasteiger partial charge >= 0.3 is 47.6 Å². The molecule has 0 aliphatic carbocycles. The van der Waals surface area contributed by atoms with Crippen LogP contribution in [0.2, 0.25) is 0 Å². The normalized spacial score (nSPS) is 12.1. The number of rotatable bonds is 29. The average molecular weight is 686 g/mol. The molecule has 0 aromatic carbocycles. The van der Waals surface area contributed by atoms with Crippen molar-refractivity contribution in [1.29, 1.82) is 0 Å². The number of carbonyl (C=O) groups is 3. The van der Waals surface area contributed by atoms with Crippen LogP contribution in [0.5, 0.6) is 0 Å². The molecular weight excluding hydrogens is 625 g/mol. The molecule has 0 heterocycles. The van der Waals surface area contributed by atoms with Gasteiger partial charge in [-0.15, -0.1) is 0 Å². The molecule has 1 atom stereocenters. The quantitative estimate of drug-likeness (QED) is 0.0193. The van der Waals surface area contributed by atoms with E-state index in [-0.39, 0.29) is 55.0 Å². The van der Waals surface area contributed by atoms with Gasteiger partial charge in [-0.25, -0.2) is 14.4 Å². The summed E-state index contributed by atoms with van der Waals surface area (Å²) in [5.74, 6) is -0.950. The number of nitrogens with zero attached hydrogens (tertiary/aromatic N) is 1. The van der Waals surface area contributed by atoms with E-state index in [2.05, 4.69) is 33.2 Å². The first-order chi connectivity index (χ1) is 21.6. The maximum absolute atomic E-state index is 12.3. The van der Waals surface area contributed by atoms with E-state index < -0.39 is 39.9 Å². The molecule has 4 amide bonds. The number of ether oxygens (including phenoxy) is 1. The molecule has 13 nitrogen and oxygen atoms in total. The summed E-state index contributed by atoms with van der Waals surface area (Å²) >= 11 is 0. The van der Waals surface area contributed by atoms with Gasteiger partial charge in [0.15, 0.2) is 0 Å². The Balaban J connectivity index is 0. The summed E-state index contributed by atoms with van der Waals surface area (Å²) in [6.07, 6.45) is 16.3. The first kappa shape index (κ1) is 46.5. The second-order valence-corrected chi connectivity index (χ2v) is 12.9. The minimum atomic E-state index is -4.02. The van der Waals surface area contributed by atoms with Crippen LogP contribution in [0.4, 0.5) is 9.59 Å². The molecule has 0 aromatic rings. The zero-order chi connectivity index (χ0) is 33.6. The molecular formula is C31H60N5NaO8S. The fraction of sp³-hybridized carbons (Fsp3) is 0.871. The Bertz CT molecular complexity index is 925. The van der Waals surface area contributed by atoms with Gasteiger partial charge in [0.05, 0.1) is 12.4 Å². The first-order valence-corrected chi connectivity index (χ1v) is 18.6. The van der Waals surface area contributed by atoms with Crippen LogP contribution in [0.3, 0.4) is 0 Å². The fourth-order valence-electron chi connectivity index (χ4n) is 4.56. The van der Waals surface area contributed by atoms with Crippen molar-refractivity contribution in [2.45, 2.75) is 135 Å². The summed E-state index contributed by atoms with van der Waals surface area (Å²) in [4.78, 5) is 40.4. The van der Waals surface area contributed by atoms with Gasteiger partial charge in [0.1, 0.15) is 6.04 Å². The van der Waals surface area contributed by atoms with Crippen LogP contribution in [-0.4, -0.2) is 81.5 Å². The van der Waals surface area contributed by atoms with Crippen LogP contribution >= 0.6 is 0 Å². The topological polar surface area (TPSA) is 198 Å². The number of hydrogen-bond acceptors (Lipinski definition) is 8. The molecule has 0 radical (unpaired) electrons. The second-order valence-electron chi connectivity index (χ2n) is 11.3. The van der Waals surface area contributed by atoms with Gasteiger partial charge in [0, 0.05) is 26.2 Å². The van der Waals surface area contributed by atoms with Crippen LogP contribution < -0.4 is 55.9 Å². The number of urea groups is 2. The molecule has 5 N–H and O–H groups in total. The molecule has 0 saturated heterocycles. The molecule has 0 bridgehead atoms. The Morgan fingerprint density at radius 1 is 0.739 bits per heavy atom. The number of carbonyl (C=O) groups excluding carboxylic acids is 3. The van der Waals surface area contributed by atoms with Gasteiger partial charge in [-0.1, -0.05) is 71.1 Å². The molecule has 0 aliphatic rings. The van der Waals surface area contributed by atoms with E-state index in [0.717, 1.165) is 38.5 Å². The van der Waals surface area contributed by atoms with Crippen molar-refractivity contribution in [3.63, 3.8) is 0 Å². The number of esters is 1. The Hall–Kier alpha value is -1.61. The van der Waals surface area contributed by atoms with Crippen molar-refractivity contribution in [2.75, 3.05) is 38.5 Å². The standard InChI is InChI=1S/C31H61N5O8S.Na/c1-3-5-6-7-8-9-10-11-14-21-28(37)32-22-18-15-20-27(29(38)44-4-2)36-31(40)35-24-17-13-12-16-23-33-30(39)34-25-19-26-45(41,42)43;/h27H,3-26H2,1-2H3,(H,32,37)(H2,33,34,39)(H2,35,36,40)(H,41,42,43);/q;+1/p-1/t27-;/m0./s1. The molecule has 0 fully saturated rings. The van der Waals surface area contributed by atoms with Crippen molar-refractivity contribution in [3.05, 3.63) is 0 Å². The number of nitrogens with one attached hydrogen (secondary N) is 4. The Labute approximate surface area is 299 Å². The van der Waals surface area contributed by atoms with Crippen molar-refractivity contribution >= 4 is 34.0 Å². The van der Waals surface area contributed by atoms with E-state index in [1.807, 2.05) is 0 Å². The maximum Gasteiger partial charge on any atom is 1.00 e. The van der Waals surface area contributed by atoms with Crippen molar-refractivity contribution in [1.82, 2.24) is 21.3 Å². The molecule has 264 valence electrons. The third-order valence-electron chi connectivity index (χ3n) is 7.10. The molecule has 0 aliphatic heterocycles. The van der Waals surface area contributed by atoms with E-state index in [1.54, 1.807) is 6.92 Å². The van der Waals surface area contributed by atoms with Crippen molar-refractivity contribution in [3.8, 4) is 0 Å². The molecule has 0 spiro atoms. The monoisotopic (exact) mass is 685 g/mol. The number of unbranched alkanes of at least 4 members (excludes halogenated alkanes) is 12. The second kappa shape index (κ2) is 32.0. The fourth-order valence-corrected chi connectivity index (χ4v) is 5.07. The Morgan fingerprint density at radius 3 is 1.83 bits per heavy atom. The molecule has 15 heteroatoms. The van der Waals surface area contributed by atoms with E-state index in [1.165, 1.54) is 44.9 Å². The smallest absolute Gasteiger partial charge is 0.862 e. The van der Waals surface area contributed by atoms with Crippen LogP contribution in [0.15, 0.2) is 4.99 Å². The molecule has 0 unspecified atom stereocenters. The third kappa shape index (κ3) is 32.3. The molecule has 0 rings (SSSR count). The van der Waals surface area contributed by atoms with Crippen LogP contribution in [0.1, 0.15) is 129 Å². The van der Waals surface area contributed by atoms with Gasteiger partial charge in [-0.05, 0) is 64.2 Å². The van der Waals surface area contributed by atoms with E-state index in [4.69, 9.17) is 9.29 Å². The summed E-state index contributed by atoms with van der Waals surface area (Å²) in [5.41, 5.74) is 0. The van der Waals surface area contributed by atoms with Crippen LogP contribution in [-0.2, 0) is 19.6 Å². The minimum Gasteiger partial charge on any atom is -0.862 e. The van der Waals surface area contributed by atoms with Gasteiger partial charge in [-0.2, -0.15) is 8.42 Å². The number of aliphatic imine (C=N–C) groups is 1. The molecule has 46 heavy (non-hydrogen) atoms. The van der Waals surface area contributed by atoms with Crippen molar-refractivity contribution in [2.24, 2.45) is 4.99 Å². The summed E-state index contributed by atoms with van der Waals surface area (Å²) < 4.78 is 35.0. The summed E-state index contributed by atoms with van der Waals surface area (Å²) in [6, 6.07) is -1.61. The predicted molar refractivity (Wildman–Crippen MR) is 176 cm³/mol. The first-order valence-electron chi connectivity index (χ1n) is 17.0. The van der Waals surface area contributed by atoms with Crippen molar-refractivity contribution < 1.29 is 66.8 Å². The van der Waals surface area contributed by atoms with Gasteiger partial charge in [-0.3, -0.25) is 4.55 Å². The summed E-state index contributed by atoms with van der Waals surface area (Å²) in [5, 5.41) is 22.7. The largest absolute Gasteiger partial charge is 1.00 e. The number of amides is 4. The van der Waals surface area contributed by atoms with Crippen LogP contribution in [0, 0.1) is 0 Å². The number of hydrogen-bond donors (Lipinski definition) is 5. The average Bonchev–Trinajstić information content (AvgIpc) is 2.98. The van der Waals surface area contributed by atoms with Gasteiger partial charge in [0.25, 0.3) is 10.1 Å². The zero-order valence-corrected chi connectivity index (χ0v) is 31.5. The maximum atomic E-state index is 12.3. The summed E-state index contributed by atoms with van der Waals surface area (Å²) in [7, 11) is -4.02. The van der Waals surface area contributed by atoms with Gasteiger partial charge < -0.3 is 36.1 Å². The zero-order valence-electron chi connectivity index (χ0n) is 28.7. The van der Waals surface area contributed by atoms with Gasteiger partial charge in [0.2, 0.25) is 0 Å². The predicted octanol–water partition coefficient (Wildman–Crippen LogP) is 1.21. The Kier molecular flexibility index (Phi) is 32.3. The van der Waals surface area contributed by atoms with E-state index >= 15 is 0 Å². The van der Waals surface area contributed by atoms with E-state index in [9.17, 15) is 27.9 Å². The SMILES string of the molecule is CCCCCCCCCCCC([O-])=NCCCC[C@H](NC(=O)NCCCCCCNC(=O)NCCCS(=O)(=O)O)C(=O)OCC.[Na+]. The van der Waals surface area contributed by atoms with E-state index in [0.29, 0.717) is 45.3 Å². The van der Waals surface area contributed by atoms with Crippen LogP contribution in [0.25, 0.3) is 0 Å².